The van der Waals surface area contributed by atoms with Crippen LogP contribution in [-0.2, 0) is 23.9 Å². The Morgan fingerprint density at radius 1 is 1.00 bits per heavy atom. The zero-order chi connectivity index (χ0) is 15.3. The summed E-state index contributed by atoms with van der Waals surface area (Å²) in [5.41, 5.74) is 0. The number of hydrogen-bond acceptors (Lipinski definition) is 5. The molecule has 0 saturated carbocycles. The maximum atomic E-state index is 10.3. The molecule has 0 unspecified atom stereocenters. The Hall–Kier alpha value is -1.63. The van der Waals surface area contributed by atoms with Gasteiger partial charge in [0.1, 0.15) is 0 Å². The van der Waals surface area contributed by atoms with Crippen molar-refractivity contribution < 1.29 is 34.1 Å². The summed E-state index contributed by atoms with van der Waals surface area (Å²) in [7, 11) is 0. The highest BCUT2D eigenvalue weighted by Crippen LogP contribution is 2.04. The summed E-state index contributed by atoms with van der Waals surface area (Å²) >= 11 is 0. The summed E-state index contributed by atoms with van der Waals surface area (Å²) in [6.07, 6.45) is 0.737. The molecule has 112 valence electrons. The fourth-order valence-corrected chi connectivity index (χ4v) is 0.793. The number of hydrogen-bond donors (Lipinski definition) is 2. The van der Waals surface area contributed by atoms with E-state index in [9.17, 15) is 14.4 Å². The van der Waals surface area contributed by atoms with E-state index in [-0.39, 0.29) is 0 Å². The van der Waals surface area contributed by atoms with Gasteiger partial charge in [-0.05, 0) is 0 Å². The van der Waals surface area contributed by atoms with Crippen molar-refractivity contribution in [3.05, 3.63) is 0 Å². The van der Waals surface area contributed by atoms with Gasteiger partial charge in [0.2, 0.25) is 0 Å². The summed E-state index contributed by atoms with van der Waals surface area (Å²) in [5, 5.41) is 16.8. The van der Waals surface area contributed by atoms with Crippen molar-refractivity contribution in [2.45, 2.75) is 52.6 Å². The van der Waals surface area contributed by atoms with Gasteiger partial charge in [0.25, 0.3) is 0 Å². The van der Waals surface area contributed by atoms with Gasteiger partial charge in [-0.3, -0.25) is 14.4 Å². The monoisotopic (exact) mass is 278 g/mol. The molecular formula is C12H22O7. The van der Waals surface area contributed by atoms with Crippen molar-refractivity contribution in [1.82, 2.24) is 0 Å². The molecule has 0 rings (SSSR count). The molecule has 0 bridgehead atoms. The predicted octanol–water partition coefficient (Wildman–Crippen LogP) is 1.65. The second-order valence-corrected chi connectivity index (χ2v) is 3.74. The second-order valence-electron chi connectivity index (χ2n) is 3.74. The molecule has 0 saturated heterocycles. The number of rotatable bonds is 8. The summed E-state index contributed by atoms with van der Waals surface area (Å²) in [5.74, 6) is -2.94. The van der Waals surface area contributed by atoms with Crippen molar-refractivity contribution in [1.29, 1.82) is 0 Å². The van der Waals surface area contributed by atoms with E-state index in [0.29, 0.717) is 0 Å². The first-order chi connectivity index (χ1) is 8.83. The van der Waals surface area contributed by atoms with Crippen LogP contribution in [0.1, 0.15) is 46.5 Å². The van der Waals surface area contributed by atoms with Crippen molar-refractivity contribution in [2.24, 2.45) is 0 Å². The normalized spacial score (nSPS) is 9.47. The molecule has 7 nitrogen and oxygen atoms in total. The van der Waals surface area contributed by atoms with Crippen molar-refractivity contribution in [3.63, 3.8) is 0 Å². The fraction of sp³-hybridized carbons (Fsp3) is 0.750. The number of carbonyl (C=O) groups is 3. The van der Waals surface area contributed by atoms with E-state index >= 15 is 0 Å². The highest BCUT2D eigenvalue weighted by atomic mass is 16.7. The molecule has 0 aliphatic carbocycles. The highest BCUT2D eigenvalue weighted by Gasteiger charge is 2.17. The van der Waals surface area contributed by atoms with Crippen LogP contribution in [0, 0.1) is 0 Å². The third kappa shape index (κ3) is 18.9. The first-order valence-electron chi connectivity index (χ1n) is 6.01. The van der Waals surface area contributed by atoms with E-state index in [1.807, 2.05) is 0 Å². The smallest absolute Gasteiger partial charge is 0.306 e. The van der Waals surface area contributed by atoms with E-state index in [1.165, 1.54) is 12.8 Å². The van der Waals surface area contributed by atoms with E-state index in [0.717, 1.165) is 6.92 Å². The molecule has 0 aromatic rings. The molecule has 0 aromatic carbocycles. The molecular weight excluding hydrogens is 256 g/mol. The minimum absolute atomic E-state index is 0.444. The lowest BCUT2D eigenvalue weighted by Gasteiger charge is -2.13. The predicted molar refractivity (Wildman–Crippen MR) is 66.6 cm³/mol. The Morgan fingerprint density at radius 3 is 1.68 bits per heavy atom. The van der Waals surface area contributed by atoms with Gasteiger partial charge < -0.3 is 19.7 Å². The number of unbranched alkanes of at least 4 members (excludes halogenated alkanes) is 1. The first-order valence-corrected chi connectivity index (χ1v) is 6.01. The van der Waals surface area contributed by atoms with Crippen LogP contribution in [0.15, 0.2) is 0 Å². The SMILES string of the molecule is CC(=O)OCOC(CC(=O)O)CC(=O)O.CCCC. The third-order valence-electron chi connectivity index (χ3n) is 1.87. The van der Waals surface area contributed by atoms with Gasteiger partial charge in [0.15, 0.2) is 6.79 Å². The molecule has 19 heavy (non-hydrogen) atoms. The van der Waals surface area contributed by atoms with E-state index < -0.39 is 43.6 Å². The molecule has 0 radical (unpaired) electrons. The van der Waals surface area contributed by atoms with Crippen LogP contribution in [-0.4, -0.2) is 41.0 Å². The van der Waals surface area contributed by atoms with Crippen LogP contribution < -0.4 is 0 Å². The zero-order valence-corrected chi connectivity index (χ0v) is 11.5. The van der Waals surface area contributed by atoms with Crippen LogP contribution in [0.25, 0.3) is 0 Å². The van der Waals surface area contributed by atoms with Crippen LogP contribution in [0.4, 0.5) is 0 Å². The molecule has 0 aliphatic rings. The van der Waals surface area contributed by atoms with E-state index in [2.05, 4.69) is 18.6 Å². The Morgan fingerprint density at radius 2 is 1.42 bits per heavy atom. The number of esters is 1. The standard InChI is InChI=1S/C8H12O7.C4H10/c1-5(9)14-4-15-6(2-7(10)11)3-8(12)13;1-3-4-2/h6H,2-4H2,1H3,(H,10,11)(H,12,13);3-4H2,1-2H3. The largest absolute Gasteiger partial charge is 0.481 e. The lowest BCUT2D eigenvalue weighted by Crippen LogP contribution is -2.23. The summed E-state index contributed by atoms with van der Waals surface area (Å²) < 4.78 is 9.16. The van der Waals surface area contributed by atoms with Gasteiger partial charge in [-0.25, -0.2) is 0 Å². The third-order valence-corrected chi connectivity index (χ3v) is 1.87. The average molecular weight is 278 g/mol. The van der Waals surface area contributed by atoms with Gasteiger partial charge in [0.05, 0.1) is 18.9 Å². The second kappa shape index (κ2) is 12.8. The molecule has 7 heteroatoms. The van der Waals surface area contributed by atoms with Gasteiger partial charge in [-0.1, -0.05) is 26.7 Å². The number of carbonyl (C=O) groups excluding carboxylic acids is 1. The number of aliphatic carboxylic acids is 2. The fourth-order valence-electron chi connectivity index (χ4n) is 0.793. The van der Waals surface area contributed by atoms with E-state index in [1.54, 1.807) is 0 Å². The van der Waals surface area contributed by atoms with Crippen molar-refractivity contribution in [3.8, 4) is 0 Å². The quantitative estimate of drug-likeness (QED) is 0.513. The van der Waals surface area contributed by atoms with Crippen molar-refractivity contribution >= 4 is 17.9 Å². The van der Waals surface area contributed by atoms with Crippen LogP contribution in [0.5, 0.6) is 0 Å². The van der Waals surface area contributed by atoms with Gasteiger partial charge >= 0.3 is 17.9 Å². The summed E-state index contributed by atoms with van der Waals surface area (Å²) in [6.45, 7) is 5.08. The molecule has 0 aromatic heterocycles. The molecule has 0 amide bonds. The molecule has 0 atom stereocenters. The Kier molecular flexibility index (Phi) is 13.3. The van der Waals surface area contributed by atoms with Crippen LogP contribution >= 0.6 is 0 Å². The van der Waals surface area contributed by atoms with E-state index in [4.69, 9.17) is 14.9 Å². The summed E-state index contributed by atoms with van der Waals surface area (Å²) in [6, 6.07) is 0. The maximum absolute atomic E-state index is 10.3. The van der Waals surface area contributed by atoms with Gasteiger partial charge in [0, 0.05) is 6.92 Å². The number of carboxylic acid groups (broad SMARTS) is 2. The van der Waals surface area contributed by atoms with Gasteiger partial charge in [-0.15, -0.1) is 0 Å². The Bertz CT molecular complexity index is 257. The molecule has 0 fully saturated rings. The zero-order valence-electron chi connectivity index (χ0n) is 11.5. The first kappa shape index (κ1) is 19.7. The van der Waals surface area contributed by atoms with Crippen LogP contribution in [0.3, 0.4) is 0 Å². The minimum atomic E-state index is -1.18. The van der Waals surface area contributed by atoms with Crippen molar-refractivity contribution in [2.75, 3.05) is 6.79 Å². The Balaban J connectivity index is 0. The summed E-state index contributed by atoms with van der Waals surface area (Å²) in [4.78, 5) is 30.9. The minimum Gasteiger partial charge on any atom is -0.481 e. The molecule has 0 heterocycles. The highest BCUT2D eigenvalue weighted by molar-refractivity contribution is 5.71. The lowest BCUT2D eigenvalue weighted by molar-refractivity contribution is -0.162. The Labute approximate surface area is 112 Å². The lowest BCUT2D eigenvalue weighted by atomic mass is 10.2. The molecule has 0 spiro atoms. The topological polar surface area (TPSA) is 110 Å². The number of ether oxygens (including phenoxy) is 2. The molecule has 2 N–H and O–H groups in total. The maximum Gasteiger partial charge on any atom is 0.306 e. The average Bonchev–Trinajstić information content (AvgIpc) is 2.27. The molecule has 0 aliphatic heterocycles. The van der Waals surface area contributed by atoms with Crippen LogP contribution in [0.2, 0.25) is 0 Å². The number of carboxylic acids is 2. The van der Waals surface area contributed by atoms with Gasteiger partial charge in [-0.2, -0.15) is 0 Å².